The normalized spacial score (nSPS) is 40.3. The fourth-order valence-electron chi connectivity index (χ4n) is 6.05. The van der Waals surface area contributed by atoms with E-state index in [1.807, 2.05) is 0 Å². The van der Waals surface area contributed by atoms with Crippen molar-refractivity contribution in [3.63, 3.8) is 0 Å². The van der Waals surface area contributed by atoms with Gasteiger partial charge in [0.1, 0.15) is 0 Å². The summed E-state index contributed by atoms with van der Waals surface area (Å²) in [6.07, 6.45) is 8.03. The second-order valence-electron chi connectivity index (χ2n) is 8.54. The Kier molecular flexibility index (Phi) is 2.70. The van der Waals surface area contributed by atoms with Crippen LogP contribution in [0.2, 0.25) is 0 Å². The maximum atomic E-state index is 13.7. The van der Waals surface area contributed by atoms with Gasteiger partial charge in [0.05, 0.1) is 5.41 Å². The molecule has 0 radical (unpaired) electrons. The Morgan fingerprint density at radius 2 is 1.96 bits per heavy atom. The van der Waals surface area contributed by atoms with Gasteiger partial charge in [-0.25, -0.2) is 0 Å². The molecule has 5 atom stereocenters. The fourth-order valence-corrected chi connectivity index (χ4v) is 6.05. The summed E-state index contributed by atoms with van der Waals surface area (Å²) in [5.74, 6) is 2.47. The van der Waals surface area contributed by atoms with E-state index in [1.165, 1.54) is 17.7 Å². The summed E-state index contributed by atoms with van der Waals surface area (Å²) in [7, 11) is 0. The van der Waals surface area contributed by atoms with E-state index in [9.17, 15) is 4.79 Å². The van der Waals surface area contributed by atoms with Crippen LogP contribution in [0.5, 0.6) is 0 Å². The summed E-state index contributed by atoms with van der Waals surface area (Å²) in [6.45, 7) is 4.51. The molecule has 2 bridgehead atoms. The third-order valence-electron chi connectivity index (χ3n) is 6.90. The Hall–Kier alpha value is -1.57. The van der Waals surface area contributed by atoms with Crippen molar-refractivity contribution in [1.29, 1.82) is 0 Å². The lowest BCUT2D eigenvalue weighted by molar-refractivity contribution is -0.129. The summed E-state index contributed by atoms with van der Waals surface area (Å²) >= 11 is 0. The Balaban J connectivity index is 1.54. The highest BCUT2D eigenvalue weighted by atomic mass is 16.2. The van der Waals surface area contributed by atoms with Crippen LogP contribution in [-0.4, -0.2) is 11.9 Å². The molecule has 1 aliphatic heterocycles. The van der Waals surface area contributed by atoms with Crippen molar-refractivity contribution in [2.75, 3.05) is 4.90 Å². The lowest BCUT2D eigenvalue weighted by Crippen LogP contribution is -2.46. The van der Waals surface area contributed by atoms with Crippen LogP contribution in [0.1, 0.15) is 45.1 Å². The van der Waals surface area contributed by atoms with Crippen LogP contribution in [0.3, 0.4) is 0 Å². The molecule has 5 unspecified atom stereocenters. The van der Waals surface area contributed by atoms with E-state index < -0.39 is 0 Å². The van der Waals surface area contributed by atoms with Gasteiger partial charge in [-0.1, -0.05) is 36.8 Å². The first-order chi connectivity index (χ1) is 11.1. The molecule has 3 aliphatic carbocycles. The number of benzene rings is 1. The number of fused-ring (bicyclic) bond motifs is 2. The van der Waals surface area contributed by atoms with Gasteiger partial charge in [-0.2, -0.15) is 0 Å². The van der Waals surface area contributed by atoms with Crippen LogP contribution < -0.4 is 4.90 Å². The number of allylic oxidation sites excluding steroid dienone is 2. The van der Waals surface area contributed by atoms with Crippen molar-refractivity contribution in [3.8, 4) is 0 Å². The third-order valence-corrected chi connectivity index (χ3v) is 6.90. The summed E-state index contributed by atoms with van der Waals surface area (Å²) in [5.41, 5.74) is 4.06. The summed E-state index contributed by atoms with van der Waals surface area (Å²) in [5, 5.41) is 0. The van der Waals surface area contributed by atoms with E-state index in [0.717, 1.165) is 37.5 Å². The average Bonchev–Trinajstić information content (AvgIpc) is 2.94. The number of carbonyl (C=O) groups excluding carboxylic acids is 1. The van der Waals surface area contributed by atoms with Crippen LogP contribution in [0.15, 0.2) is 35.9 Å². The predicted molar refractivity (Wildman–Crippen MR) is 92.2 cm³/mol. The number of amides is 1. The lowest BCUT2D eigenvalue weighted by Gasteiger charge is -2.38. The molecule has 1 heterocycles. The minimum Gasteiger partial charge on any atom is -0.309 e. The molecule has 2 heteroatoms. The molecule has 5 rings (SSSR count). The Bertz CT molecular complexity index is 720. The van der Waals surface area contributed by atoms with Crippen molar-refractivity contribution in [1.82, 2.24) is 0 Å². The molecule has 23 heavy (non-hydrogen) atoms. The van der Waals surface area contributed by atoms with Crippen molar-refractivity contribution in [2.45, 2.75) is 52.0 Å². The SMILES string of the molecule is CC1C=C2CC3CC(C(=O)N4c5ccccc5CC4C)(C1)CC23. The number of rotatable bonds is 1. The molecule has 4 aliphatic rings. The topological polar surface area (TPSA) is 20.3 Å². The van der Waals surface area contributed by atoms with Gasteiger partial charge in [0, 0.05) is 11.7 Å². The van der Waals surface area contributed by atoms with Gasteiger partial charge in [0.2, 0.25) is 5.91 Å². The lowest BCUT2D eigenvalue weighted by atomic mass is 9.69. The monoisotopic (exact) mass is 307 g/mol. The number of nitrogens with zero attached hydrogens (tertiary/aromatic N) is 1. The molecule has 2 saturated carbocycles. The molecule has 0 aromatic heterocycles. The van der Waals surface area contributed by atoms with Crippen LogP contribution in [-0.2, 0) is 11.2 Å². The molecule has 0 spiro atoms. The largest absolute Gasteiger partial charge is 0.309 e. The zero-order valence-corrected chi connectivity index (χ0v) is 14.1. The van der Waals surface area contributed by atoms with E-state index in [4.69, 9.17) is 0 Å². The van der Waals surface area contributed by atoms with Crippen LogP contribution in [0.4, 0.5) is 5.69 Å². The quantitative estimate of drug-likeness (QED) is 0.706. The number of anilines is 1. The van der Waals surface area contributed by atoms with Crippen molar-refractivity contribution < 1.29 is 4.79 Å². The smallest absolute Gasteiger partial charge is 0.233 e. The molecule has 1 aromatic carbocycles. The maximum Gasteiger partial charge on any atom is 0.233 e. The standard InChI is InChI=1S/C21H25NO/c1-13-7-16-9-17-11-21(10-13,12-18(16)17)20(23)22-14(2)8-15-5-3-4-6-19(15)22/h3-7,13-14,17-18H,8-12H2,1-2H3. The predicted octanol–water partition coefficient (Wildman–Crippen LogP) is 4.35. The van der Waals surface area contributed by atoms with Gasteiger partial charge >= 0.3 is 0 Å². The van der Waals surface area contributed by atoms with Gasteiger partial charge < -0.3 is 4.90 Å². The number of hydrogen-bond acceptors (Lipinski definition) is 1. The van der Waals surface area contributed by atoms with E-state index in [0.29, 0.717) is 17.9 Å². The molecule has 1 aromatic rings. The van der Waals surface area contributed by atoms with E-state index in [2.05, 4.69) is 49.1 Å². The highest BCUT2D eigenvalue weighted by Crippen LogP contribution is 2.63. The number of carbonyl (C=O) groups is 1. The van der Waals surface area contributed by atoms with E-state index in [1.54, 1.807) is 5.57 Å². The van der Waals surface area contributed by atoms with Crippen molar-refractivity contribution in [3.05, 3.63) is 41.5 Å². The minimum absolute atomic E-state index is 0.102. The average molecular weight is 307 g/mol. The summed E-state index contributed by atoms with van der Waals surface area (Å²) < 4.78 is 0. The van der Waals surface area contributed by atoms with Gasteiger partial charge in [-0.3, -0.25) is 4.79 Å². The first-order valence-electron chi connectivity index (χ1n) is 9.19. The van der Waals surface area contributed by atoms with Crippen LogP contribution in [0.25, 0.3) is 0 Å². The first-order valence-corrected chi connectivity index (χ1v) is 9.19. The Morgan fingerprint density at radius 1 is 1.13 bits per heavy atom. The molecule has 2 nitrogen and oxygen atoms in total. The molecular weight excluding hydrogens is 282 g/mol. The maximum absolute atomic E-state index is 13.7. The second-order valence-corrected chi connectivity index (χ2v) is 8.54. The van der Waals surface area contributed by atoms with Crippen LogP contribution in [0, 0.1) is 23.2 Å². The Morgan fingerprint density at radius 3 is 2.83 bits per heavy atom. The van der Waals surface area contributed by atoms with Crippen molar-refractivity contribution >= 4 is 11.6 Å². The molecule has 0 saturated heterocycles. The molecule has 0 N–H and O–H groups in total. The molecular formula is C21H25NO. The molecule has 2 fully saturated rings. The van der Waals surface area contributed by atoms with Crippen molar-refractivity contribution in [2.24, 2.45) is 23.2 Å². The van der Waals surface area contributed by atoms with Gasteiger partial charge in [0.25, 0.3) is 0 Å². The minimum atomic E-state index is -0.102. The highest BCUT2D eigenvalue weighted by molar-refractivity contribution is 6.00. The van der Waals surface area contributed by atoms with E-state index in [-0.39, 0.29) is 5.41 Å². The fraction of sp³-hybridized carbons (Fsp3) is 0.571. The zero-order chi connectivity index (χ0) is 15.8. The first kappa shape index (κ1) is 13.8. The molecule has 120 valence electrons. The number of hydrogen-bond donors (Lipinski definition) is 0. The van der Waals surface area contributed by atoms with Gasteiger partial charge in [-0.15, -0.1) is 0 Å². The van der Waals surface area contributed by atoms with Crippen LogP contribution >= 0.6 is 0 Å². The molecule has 1 amide bonds. The Labute approximate surface area is 138 Å². The van der Waals surface area contributed by atoms with Gasteiger partial charge in [0.15, 0.2) is 0 Å². The highest BCUT2D eigenvalue weighted by Gasteiger charge is 2.58. The third kappa shape index (κ3) is 1.78. The number of para-hydroxylation sites is 1. The van der Waals surface area contributed by atoms with Gasteiger partial charge in [-0.05, 0) is 68.4 Å². The summed E-state index contributed by atoms with van der Waals surface area (Å²) in [6, 6.07) is 8.80. The summed E-state index contributed by atoms with van der Waals surface area (Å²) in [4.78, 5) is 15.9. The van der Waals surface area contributed by atoms with E-state index >= 15 is 0 Å². The zero-order valence-electron chi connectivity index (χ0n) is 14.1. The second kappa shape index (κ2) is 4.49.